The molecule has 0 radical (unpaired) electrons. The van der Waals surface area contributed by atoms with Crippen LogP contribution in [0.15, 0.2) is 53.4 Å². The summed E-state index contributed by atoms with van der Waals surface area (Å²) in [5.41, 5.74) is 0.549. The normalized spacial score (nSPS) is 15.2. The Morgan fingerprint density at radius 3 is 2.41 bits per heavy atom. The number of halogens is 1. The van der Waals surface area contributed by atoms with Crippen molar-refractivity contribution in [2.75, 3.05) is 13.1 Å². The second kappa shape index (κ2) is 9.47. The van der Waals surface area contributed by atoms with Crippen LogP contribution < -0.4 is 5.32 Å². The predicted molar refractivity (Wildman–Crippen MR) is 114 cm³/mol. The Kier molecular flexibility index (Phi) is 6.93. The highest BCUT2D eigenvalue weighted by atomic mass is 32.2. The molecule has 32 heavy (non-hydrogen) atoms. The molecule has 1 N–H and O–H groups in total. The van der Waals surface area contributed by atoms with Crippen LogP contribution in [0, 0.1) is 5.82 Å². The molecule has 2 aromatic rings. The first-order chi connectivity index (χ1) is 15.2. The SMILES string of the molecule is CCCNC(=O)[C@H](C)N(Cc1ccc(F)cc1)C(=O)CN1C(=O)c2ccccc2S1(=O)=O. The van der Waals surface area contributed by atoms with Crippen LogP contribution in [-0.2, 0) is 26.2 Å². The Balaban J connectivity index is 1.87. The molecule has 1 heterocycles. The zero-order valence-electron chi connectivity index (χ0n) is 17.7. The molecule has 8 nitrogen and oxygen atoms in total. The number of carbonyl (C=O) groups is 3. The van der Waals surface area contributed by atoms with Crippen molar-refractivity contribution in [2.24, 2.45) is 0 Å². The summed E-state index contributed by atoms with van der Waals surface area (Å²) in [5, 5.41) is 2.70. The van der Waals surface area contributed by atoms with Gasteiger partial charge in [0.25, 0.3) is 15.9 Å². The molecular formula is C22H24FN3O5S. The fourth-order valence-electron chi connectivity index (χ4n) is 3.37. The molecule has 0 saturated carbocycles. The maximum absolute atomic E-state index is 13.3. The highest BCUT2D eigenvalue weighted by Gasteiger charge is 2.43. The third kappa shape index (κ3) is 4.64. The van der Waals surface area contributed by atoms with Gasteiger partial charge in [-0.1, -0.05) is 31.2 Å². The number of hydrogen-bond acceptors (Lipinski definition) is 5. The lowest BCUT2D eigenvalue weighted by Crippen LogP contribution is -2.51. The van der Waals surface area contributed by atoms with Crippen molar-refractivity contribution >= 4 is 27.7 Å². The summed E-state index contributed by atoms with van der Waals surface area (Å²) >= 11 is 0. The number of amides is 3. The highest BCUT2D eigenvalue weighted by molar-refractivity contribution is 7.90. The van der Waals surface area contributed by atoms with Gasteiger partial charge in [-0.05, 0) is 43.2 Å². The van der Waals surface area contributed by atoms with Crippen LogP contribution in [0.3, 0.4) is 0 Å². The Morgan fingerprint density at radius 1 is 1.12 bits per heavy atom. The molecule has 0 fully saturated rings. The van der Waals surface area contributed by atoms with Crippen LogP contribution in [0.25, 0.3) is 0 Å². The van der Waals surface area contributed by atoms with Crippen molar-refractivity contribution in [3.8, 4) is 0 Å². The van der Waals surface area contributed by atoms with Gasteiger partial charge in [0.1, 0.15) is 23.3 Å². The molecule has 0 saturated heterocycles. The lowest BCUT2D eigenvalue weighted by molar-refractivity contribution is -0.140. The van der Waals surface area contributed by atoms with Crippen LogP contribution >= 0.6 is 0 Å². The zero-order valence-corrected chi connectivity index (χ0v) is 18.6. The van der Waals surface area contributed by atoms with E-state index in [4.69, 9.17) is 0 Å². The lowest BCUT2D eigenvalue weighted by Gasteiger charge is -2.30. The Labute approximate surface area is 186 Å². The van der Waals surface area contributed by atoms with Crippen molar-refractivity contribution in [2.45, 2.75) is 37.8 Å². The number of carbonyl (C=O) groups excluding carboxylic acids is 3. The van der Waals surface area contributed by atoms with Crippen molar-refractivity contribution < 1.29 is 27.2 Å². The smallest absolute Gasteiger partial charge is 0.269 e. The van der Waals surface area contributed by atoms with Crippen molar-refractivity contribution in [1.29, 1.82) is 0 Å². The summed E-state index contributed by atoms with van der Waals surface area (Å²) in [4.78, 5) is 39.4. The maximum atomic E-state index is 13.3. The number of nitrogens with one attached hydrogen (secondary N) is 1. The molecule has 3 amide bonds. The Morgan fingerprint density at radius 2 is 1.78 bits per heavy atom. The number of hydrogen-bond donors (Lipinski definition) is 1. The minimum absolute atomic E-state index is 0.000813. The molecular weight excluding hydrogens is 437 g/mol. The third-order valence-corrected chi connectivity index (χ3v) is 6.96. The van der Waals surface area contributed by atoms with Crippen LogP contribution in [0.4, 0.5) is 4.39 Å². The largest absolute Gasteiger partial charge is 0.354 e. The Hall–Kier alpha value is -3.27. The first-order valence-corrected chi connectivity index (χ1v) is 11.6. The van der Waals surface area contributed by atoms with E-state index in [1.807, 2.05) is 6.92 Å². The van der Waals surface area contributed by atoms with Crippen LogP contribution in [0.1, 0.15) is 36.2 Å². The topological polar surface area (TPSA) is 104 Å². The third-order valence-electron chi connectivity index (χ3n) is 5.17. The first-order valence-electron chi connectivity index (χ1n) is 10.1. The second-order valence-electron chi connectivity index (χ2n) is 7.43. The fraction of sp³-hybridized carbons (Fsp3) is 0.318. The van der Waals surface area contributed by atoms with E-state index in [1.54, 1.807) is 6.07 Å². The van der Waals surface area contributed by atoms with Crippen LogP contribution in [0.2, 0.25) is 0 Å². The average Bonchev–Trinajstić information content (AvgIpc) is 2.97. The molecule has 1 atom stereocenters. The van der Waals surface area contributed by atoms with Gasteiger partial charge < -0.3 is 10.2 Å². The van der Waals surface area contributed by atoms with Gasteiger partial charge in [0.2, 0.25) is 11.8 Å². The maximum Gasteiger partial charge on any atom is 0.269 e. The van der Waals surface area contributed by atoms with E-state index in [0.717, 1.165) is 0 Å². The number of benzene rings is 2. The van der Waals surface area contributed by atoms with Crippen molar-refractivity contribution in [3.05, 3.63) is 65.5 Å². The van der Waals surface area contributed by atoms with E-state index in [2.05, 4.69) is 5.32 Å². The summed E-state index contributed by atoms with van der Waals surface area (Å²) < 4.78 is 39.4. The summed E-state index contributed by atoms with van der Waals surface area (Å²) in [6.45, 7) is 3.00. The molecule has 0 unspecified atom stereocenters. The van der Waals surface area contributed by atoms with Gasteiger partial charge in [-0.3, -0.25) is 14.4 Å². The van der Waals surface area contributed by atoms with E-state index < -0.39 is 46.1 Å². The average molecular weight is 462 g/mol. The number of rotatable bonds is 8. The van der Waals surface area contributed by atoms with E-state index in [-0.39, 0.29) is 17.0 Å². The minimum Gasteiger partial charge on any atom is -0.354 e. The van der Waals surface area contributed by atoms with Crippen molar-refractivity contribution in [1.82, 2.24) is 14.5 Å². The molecule has 2 aromatic carbocycles. The summed E-state index contributed by atoms with van der Waals surface area (Å²) in [7, 11) is -4.18. The summed E-state index contributed by atoms with van der Waals surface area (Å²) in [5.74, 6) is -2.38. The highest BCUT2D eigenvalue weighted by Crippen LogP contribution is 2.30. The molecule has 0 aromatic heterocycles. The Bertz CT molecular complexity index is 1130. The van der Waals surface area contributed by atoms with Gasteiger partial charge in [-0.2, -0.15) is 0 Å². The van der Waals surface area contributed by atoms with Gasteiger partial charge in [0.05, 0.1) is 5.56 Å². The molecule has 0 aliphatic carbocycles. The van der Waals surface area contributed by atoms with E-state index >= 15 is 0 Å². The molecule has 10 heteroatoms. The molecule has 0 spiro atoms. The first kappa shape index (κ1) is 23.4. The van der Waals surface area contributed by atoms with Gasteiger partial charge >= 0.3 is 0 Å². The molecule has 170 valence electrons. The monoisotopic (exact) mass is 461 g/mol. The van der Waals surface area contributed by atoms with Gasteiger partial charge in [0, 0.05) is 13.1 Å². The quantitative estimate of drug-likeness (QED) is 0.647. The summed E-state index contributed by atoms with van der Waals surface area (Å²) in [6.07, 6.45) is 0.698. The van der Waals surface area contributed by atoms with Gasteiger partial charge in [-0.15, -0.1) is 0 Å². The van der Waals surface area contributed by atoms with E-state index in [1.165, 1.54) is 54.3 Å². The van der Waals surface area contributed by atoms with Gasteiger partial charge in [-0.25, -0.2) is 17.1 Å². The van der Waals surface area contributed by atoms with Crippen molar-refractivity contribution in [3.63, 3.8) is 0 Å². The standard InChI is InChI=1S/C22H24FN3O5S/c1-3-12-24-21(28)15(2)25(13-16-8-10-17(23)11-9-16)20(27)14-26-22(29)18-6-4-5-7-19(18)32(26,30)31/h4-11,15H,3,12-14H2,1-2H3,(H,24,28)/t15-/m0/s1. The second-order valence-corrected chi connectivity index (χ2v) is 9.26. The molecule has 1 aliphatic heterocycles. The number of sulfonamides is 1. The summed E-state index contributed by atoms with van der Waals surface area (Å²) in [6, 6.07) is 10.2. The van der Waals surface area contributed by atoms with E-state index in [9.17, 15) is 27.2 Å². The van der Waals surface area contributed by atoms with E-state index in [0.29, 0.717) is 22.8 Å². The number of fused-ring (bicyclic) bond motifs is 1. The molecule has 1 aliphatic rings. The number of nitrogens with zero attached hydrogens (tertiary/aromatic N) is 2. The lowest BCUT2D eigenvalue weighted by atomic mass is 10.1. The zero-order chi connectivity index (χ0) is 23.5. The fourth-order valence-corrected chi connectivity index (χ4v) is 4.88. The minimum atomic E-state index is -4.18. The van der Waals surface area contributed by atoms with Gasteiger partial charge in [0.15, 0.2) is 0 Å². The molecule has 0 bridgehead atoms. The predicted octanol–water partition coefficient (Wildman–Crippen LogP) is 1.91. The van der Waals surface area contributed by atoms with Crippen LogP contribution in [-0.4, -0.2) is 54.5 Å². The molecule has 3 rings (SSSR count). The van der Waals surface area contributed by atoms with Crippen LogP contribution in [0.5, 0.6) is 0 Å².